The highest BCUT2D eigenvalue weighted by atomic mass is 32.2. The zero-order chi connectivity index (χ0) is 32.9. The number of rotatable bonds is 7. The molecule has 0 spiro atoms. The summed E-state index contributed by atoms with van der Waals surface area (Å²) >= 11 is 1.88. The fourth-order valence-electron chi connectivity index (χ4n) is 5.75. The van der Waals surface area contributed by atoms with Gasteiger partial charge in [0.2, 0.25) is 17.7 Å². The number of imide groups is 1. The highest BCUT2D eigenvalue weighted by molar-refractivity contribution is 8.00. The molecule has 0 radical (unpaired) electrons. The molecule has 3 amide bonds. The van der Waals surface area contributed by atoms with Crippen molar-refractivity contribution in [2.75, 3.05) is 36.3 Å². The molecular formula is C32H27F3N4O5S2. The van der Waals surface area contributed by atoms with E-state index in [1.165, 1.54) is 23.8 Å². The third kappa shape index (κ3) is 5.55. The first-order chi connectivity index (χ1) is 21.9. The molecule has 4 aromatic rings. The van der Waals surface area contributed by atoms with Gasteiger partial charge in [-0.2, -0.15) is 13.2 Å². The van der Waals surface area contributed by atoms with Gasteiger partial charge in [0.25, 0.3) is 0 Å². The molecule has 9 nitrogen and oxygen atoms in total. The van der Waals surface area contributed by atoms with Crippen LogP contribution in [-0.4, -0.2) is 48.7 Å². The van der Waals surface area contributed by atoms with Crippen LogP contribution < -0.4 is 24.7 Å². The highest BCUT2D eigenvalue weighted by Crippen LogP contribution is 2.54. The zero-order valence-corrected chi connectivity index (χ0v) is 26.3. The van der Waals surface area contributed by atoms with Crippen LogP contribution in [0, 0.1) is 5.92 Å². The van der Waals surface area contributed by atoms with Crippen molar-refractivity contribution in [2.24, 2.45) is 5.92 Å². The van der Waals surface area contributed by atoms with Crippen molar-refractivity contribution in [3.63, 3.8) is 0 Å². The number of amides is 3. The number of thioether (sulfide) groups is 1. The lowest BCUT2D eigenvalue weighted by molar-refractivity contribution is -0.137. The maximum absolute atomic E-state index is 14.1. The normalized spacial score (nSPS) is 19.1. The fourth-order valence-corrected chi connectivity index (χ4v) is 8.53. The van der Waals surface area contributed by atoms with E-state index in [2.05, 4.69) is 5.32 Å². The molecule has 1 N–H and O–H groups in total. The Morgan fingerprint density at radius 1 is 0.957 bits per heavy atom. The van der Waals surface area contributed by atoms with Gasteiger partial charge >= 0.3 is 11.0 Å². The average molecular weight is 669 g/mol. The predicted molar refractivity (Wildman–Crippen MR) is 170 cm³/mol. The molecule has 0 aliphatic carbocycles. The first-order valence-corrected chi connectivity index (χ1v) is 15.7. The summed E-state index contributed by atoms with van der Waals surface area (Å²) in [7, 11) is 5.28. The number of nitrogens with zero attached hydrogens (tertiary/aromatic N) is 3. The molecule has 1 saturated heterocycles. The maximum atomic E-state index is 14.1. The summed E-state index contributed by atoms with van der Waals surface area (Å²) in [6.45, 7) is -0.585. The zero-order valence-electron chi connectivity index (χ0n) is 24.7. The number of carbonyl (C=O) groups excluding carboxylic acids is 3. The number of alkyl halides is 3. The number of benzene rings is 3. The number of methoxy groups -OCH3 is 1. The topological polar surface area (TPSA) is 101 Å². The van der Waals surface area contributed by atoms with E-state index in [0.29, 0.717) is 26.9 Å². The molecule has 3 aromatic carbocycles. The van der Waals surface area contributed by atoms with Crippen LogP contribution in [0.5, 0.6) is 5.75 Å². The maximum Gasteiger partial charge on any atom is 0.418 e. The molecule has 2 aliphatic rings. The van der Waals surface area contributed by atoms with Crippen molar-refractivity contribution in [1.82, 2.24) is 4.57 Å². The third-order valence-corrected chi connectivity index (χ3v) is 10.6. The summed E-state index contributed by atoms with van der Waals surface area (Å²) in [5.74, 6) is -2.73. The minimum Gasteiger partial charge on any atom is -0.497 e. The van der Waals surface area contributed by atoms with E-state index in [1.54, 1.807) is 24.3 Å². The van der Waals surface area contributed by atoms with Gasteiger partial charge in [0, 0.05) is 30.6 Å². The summed E-state index contributed by atoms with van der Waals surface area (Å²) in [6.07, 6.45) is -4.70. The van der Waals surface area contributed by atoms with Crippen molar-refractivity contribution < 1.29 is 32.3 Å². The predicted octanol–water partition coefficient (Wildman–Crippen LogP) is 5.44. The molecule has 1 fully saturated rings. The van der Waals surface area contributed by atoms with Gasteiger partial charge < -0.3 is 15.0 Å². The minimum atomic E-state index is -4.70. The number of aromatic nitrogens is 1. The van der Waals surface area contributed by atoms with Crippen LogP contribution in [0.25, 0.3) is 0 Å². The molecule has 1 aromatic heterocycles. The van der Waals surface area contributed by atoms with Gasteiger partial charge in [0.1, 0.15) is 17.5 Å². The standard InChI is InChI=1S/C32H27F3N4O5S2/c1-37(2)18-10-8-17(9-11-18)24-25-26(29(42)39(28(25)41)19-12-14-20(44-3)15-13-19)45-30-27(24)46-31(43)38(30)16-23(40)36-22-7-5-4-6-21(22)32(33,34)35/h4-15,24-26H,16H2,1-3H3,(H,36,40)/t24-,25?,26?/m1/s1. The first kappa shape index (κ1) is 31.4. The Balaban J connectivity index is 1.40. The van der Waals surface area contributed by atoms with Crippen LogP contribution in [0.1, 0.15) is 21.9 Å². The average Bonchev–Trinajstić information content (AvgIpc) is 3.47. The van der Waals surface area contributed by atoms with Crippen LogP contribution in [0.4, 0.5) is 30.2 Å². The molecule has 46 heavy (non-hydrogen) atoms. The number of halogens is 3. The summed E-state index contributed by atoms with van der Waals surface area (Å²) in [5, 5.41) is 1.69. The number of anilines is 3. The third-order valence-electron chi connectivity index (χ3n) is 7.96. The van der Waals surface area contributed by atoms with Crippen molar-refractivity contribution in [2.45, 2.75) is 28.9 Å². The van der Waals surface area contributed by atoms with Crippen LogP contribution in [-0.2, 0) is 27.1 Å². The van der Waals surface area contributed by atoms with E-state index in [9.17, 15) is 32.3 Å². The van der Waals surface area contributed by atoms with E-state index in [1.807, 2.05) is 43.3 Å². The molecule has 3 atom stereocenters. The lowest BCUT2D eigenvalue weighted by Gasteiger charge is -2.31. The molecule has 14 heteroatoms. The number of thiazole rings is 1. The Kier molecular flexibility index (Phi) is 8.19. The van der Waals surface area contributed by atoms with Crippen LogP contribution in [0.2, 0.25) is 0 Å². The molecule has 238 valence electrons. The molecule has 6 rings (SSSR count). The fraction of sp³-hybridized carbons (Fsp3) is 0.250. The number of para-hydroxylation sites is 1. The Labute approximate surface area is 269 Å². The number of fused-ring (bicyclic) bond motifs is 2. The van der Waals surface area contributed by atoms with Gasteiger partial charge in [0.15, 0.2) is 0 Å². The second-order valence-electron chi connectivity index (χ2n) is 11.0. The minimum absolute atomic E-state index is 0.329. The molecule has 2 aliphatic heterocycles. The smallest absolute Gasteiger partial charge is 0.418 e. The van der Waals surface area contributed by atoms with Gasteiger partial charge in [-0.1, -0.05) is 47.4 Å². The second kappa shape index (κ2) is 12.0. The molecule has 3 heterocycles. The van der Waals surface area contributed by atoms with Gasteiger partial charge in [-0.15, -0.1) is 0 Å². The first-order valence-electron chi connectivity index (χ1n) is 14.0. The lowest BCUT2D eigenvalue weighted by Crippen LogP contribution is -2.33. The SMILES string of the molecule is COc1ccc(N2C(=O)C3Sc4c(sc(=O)n4CC(=O)Nc4ccccc4C(F)(F)F)[C@H](c4ccc(N(C)C)cc4)C3C2=O)cc1. The van der Waals surface area contributed by atoms with E-state index in [0.717, 1.165) is 45.8 Å². The largest absolute Gasteiger partial charge is 0.497 e. The van der Waals surface area contributed by atoms with Crippen LogP contribution in [0.15, 0.2) is 82.6 Å². The van der Waals surface area contributed by atoms with Crippen molar-refractivity contribution in [3.8, 4) is 5.75 Å². The molecule has 2 unspecified atom stereocenters. The monoisotopic (exact) mass is 668 g/mol. The number of carbonyl (C=O) groups is 3. The Bertz CT molecular complexity index is 1890. The quantitative estimate of drug-likeness (QED) is 0.262. The summed E-state index contributed by atoms with van der Waals surface area (Å²) in [6, 6.07) is 18.5. The van der Waals surface area contributed by atoms with E-state index >= 15 is 0 Å². The molecule has 0 bridgehead atoms. The van der Waals surface area contributed by atoms with Gasteiger partial charge in [-0.3, -0.25) is 23.7 Å². The summed E-state index contributed by atoms with van der Waals surface area (Å²) < 4.78 is 47.0. The van der Waals surface area contributed by atoms with E-state index in [4.69, 9.17) is 4.74 Å². The van der Waals surface area contributed by atoms with E-state index < -0.39 is 63.7 Å². The van der Waals surface area contributed by atoms with Gasteiger partial charge in [-0.25, -0.2) is 4.90 Å². The number of hydrogen-bond acceptors (Lipinski definition) is 8. The summed E-state index contributed by atoms with van der Waals surface area (Å²) in [5.41, 5.74) is 0.527. The van der Waals surface area contributed by atoms with E-state index in [-0.39, 0.29) is 0 Å². The van der Waals surface area contributed by atoms with Crippen molar-refractivity contribution >= 4 is 57.9 Å². The van der Waals surface area contributed by atoms with Crippen molar-refractivity contribution in [3.05, 3.63) is 98.5 Å². The lowest BCUT2D eigenvalue weighted by atomic mass is 9.83. The summed E-state index contributed by atoms with van der Waals surface area (Å²) in [4.78, 5) is 57.5. The number of ether oxygens (including phenoxy) is 1. The number of nitrogens with one attached hydrogen (secondary N) is 1. The Morgan fingerprint density at radius 3 is 2.26 bits per heavy atom. The van der Waals surface area contributed by atoms with Crippen LogP contribution in [0.3, 0.4) is 0 Å². The Morgan fingerprint density at radius 2 is 1.63 bits per heavy atom. The second-order valence-corrected chi connectivity index (χ2v) is 13.1. The molecule has 0 saturated carbocycles. The van der Waals surface area contributed by atoms with Crippen molar-refractivity contribution in [1.29, 1.82) is 0 Å². The van der Waals surface area contributed by atoms with Gasteiger partial charge in [0.05, 0.1) is 35.0 Å². The van der Waals surface area contributed by atoms with Crippen LogP contribution >= 0.6 is 23.1 Å². The highest BCUT2D eigenvalue weighted by Gasteiger charge is 2.56. The Hall–Kier alpha value is -4.56. The molecular weight excluding hydrogens is 642 g/mol. The number of hydrogen-bond donors (Lipinski definition) is 1. The van der Waals surface area contributed by atoms with Gasteiger partial charge in [-0.05, 0) is 54.1 Å².